The number of benzene rings is 2. The van der Waals surface area contributed by atoms with Gasteiger partial charge in [0.05, 0.1) is 12.1 Å². The molecule has 0 aliphatic rings. The molecule has 0 radical (unpaired) electrons. The number of aldehydes is 1. The van der Waals surface area contributed by atoms with E-state index in [0.717, 1.165) is 16.9 Å². The largest absolute Gasteiger partial charge is 0.493 e. The lowest BCUT2D eigenvalue weighted by atomic mass is 10.1. The SMILES string of the molecule is COc1cc(C=O)cc(Cl)c1OCCOc1c(C)cccc1C. The summed E-state index contributed by atoms with van der Waals surface area (Å²) in [5, 5.41) is 0.332. The Kier molecular flexibility index (Phi) is 5.88. The minimum Gasteiger partial charge on any atom is -0.493 e. The summed E-state index contributed by atoms with van der Waals surface area (Å²) < 4.78 is 16.7. The highest BCUT2D eigenvalue weighted by Gasteiger charge is 2.12. The van der Waals surface area contributed by atoms with E-state index in [1.54, 1.807) is 12.1 Å². The van der Waals surface area contributed by atoms with E-state index in [1.165, 1.54) is 7.11 Å². The van der Waals surface area contributed by atoms with E-state index in [-0.39, 0.29) is 0 Å². The van der Waals surface area contributed by atoms with E-state index in [9.17, 15) is 4.79 Å². The molecule has 0 amide bonds. The Bertz CT molecular complexity index is 677. The highest BCUT2D eigenvalue weighted by atomic mass is 35.5. The van der Waals surface area contributed by atoms with Crippen molar-refractivity contribution in [3.05, 3.63) is 52.0 Å². The topological polar surface area (TPSA) is 44.8 Å². The third-order valence-electron chi connectivity index (χ3n) is 3.37. The molecule has 0 bridgehead atoms. The highest BCUT2D eigenvalue weighted by Crippen LogP contribution is 2.36. The first-order valence-corrected chi connectivity index (χ1v) is 7.59. The Labute approximate surface area is 140 Å². The number of methoxy groups -OCH3 is 1. The zero-order valence-corrected chi connectivity index (χ0v) is 14.1. The number of carbonyl (C=O) groups is 1. The third-order valence-corrected chi connectivity index (χ3v) is 3.65. The van der Waals surface area contributed by atoms with Crippen LogP contribution in [0.2, 0.25) is 5.02 Å². The summed E-state index contributed by atoms with van der Waals surface area (Å²) in [6.45, 7) is 4.69. The molecule has 0 N–H and O–H groups in total. The quantitative estimate of drug-likeness (QED) is 0.561. The molecule has 0 unspecified atom stereocenters. The van der Waals surface area contributed by atoms with E-state index in [0.29, 0.717) is 41.6 Å². The summed E-state index contributed by atoms with van der Waals surface area (Å²) in [5.41, 5.74) is 2.60. The minimum atomic E-state index is 0.310. The minimum absolute atomic E-state index is 0.310. The fourth-order valence-electron chi connectivity index (χ4n) is 2.26. The van der Waals surface area contributed by atoms with Gasteiger partial charge in [-0.3, -0.25) is 4.79 Å². The van der Waals surface area contributed by atoms with Crippen LogP contribution in [0.1, 0.15) is 21.5 Å². The van der Waals surface area contributed by atoms with Crippen LogP contribution in [-0.2, 0) is 0 Å². The van der Waals surface area contributed by atoms with Crippen molar-refractivity contribution in [3.8, 4) is 17.2 Å². The second kappa shape index (κ2) is 7.88. The van der Waals surface area contributed by atoms with E-state index >= 15 is 0 Å². The maximum absolute atomic E-state index is 10.8. The Morgan fingerprint density at radius 2 is 1.65 bits per heavy atom. The molecule has 0 spiro atoms. The molecule has 0 aliphatic carbocycles. The molecule has 0 saturated carbocycles. The van der Waals surface area contributed by atoms with Crippen molar-refractivity contribution in [2.45, 2.75) is 13.8 Å². The van der Waals surface area contributed by atoms with Gasteiger partial charge in [-0.25, -0.2) is 0 Å². The summed E-state index contributed by atoms with van der Waals surface area (Å²) in [7, 11) is 1.50. The van der Waals surface area contributed by atoms with Crippen molar-refractivity contribution in [1.29, 1.82) is 0 Å². The van der Waals surface area contributed by atoms with Crippen molar-refractivity contribution >= 4 is 17.9 Å². The van der Waals surface area contributed by atoms with Crippen LogP contribution in [0.15, 0.2) is 30.3 Å². The zero-order valence-electron chi connectivity index (χ0n) is 13.4. The van der Waals surface area contributed by atoms with Gasteiger partial charge in [0.2, 0.25) is 0 Å². The molecule has 4 nitrogen and oxygen atoms in total. The van der Waals surface area contributed by atoms with Gasteiger partial charge in [0.1, 0.15) is 25.2 Å². The molecule has 122 valence electrons. The van der Waals surface area contributed by atoms with Crippen LogP contribution in [0.5, 0.6) is 17.2 Å². The van der Waals surface area contributed by atoms with Crippen LogP contribution >= 0.6 is 11.6 Å². The van der Waals surface area contributed by atoms with Crippen molar-refractivity contribution in [2.24, 2.45) is 0 Å². The normalized spacial score (nSPS) is 10.3. The second-order valence-corrected chi connectivity index (χ2v) is 5.48. The third kappa shape index (κ3) is 4.17. The Hall–Kier alpha value is -2.20. The Balaban J connectivity index is 2.00. The van der Waals surface area contributed by atoms with Gasteiger partial charge in [-0.05, 0) is 37.1 Å². The number of carbonyl (C=O) groups excluding carboxylic acids is 1. The Morgan fingerprint density at radius 1 is 1.04 bits per heavy atom. The second-order valence-electron chi connectivity index (χ2n) is 5.07. The molecule has 23 heavy (non-hydrogen) atoms. The maximum atomic E-state index is 10.8. The Morgan fingerprint density at radius 3 is 2.22 bits per heavy atom. The first-order chi connectivity index (χ1) is 11.1. The van der Waals surface area contributed by atoms with Gasteiger partial charge in [-0.2, -0.15) is 0 Å². The van der Waals surface area contributed by atoms with E-state index in [2.05, 4.69) is 0 Å². The number of para-hydroxylation sites is 1. The molecule has 0 atom stereocenters. The molecule has 0 heterocycles. The fraction of sp³-hybridized carbons (Fsp3) is 0.278. The van der Waals surface area contributed by atoms with E-state index < -0.39 is 0 Å². The number of aryl methyl sites for hydroxylation is 2. The van der Waals surface area contributed by atoms with E-state index in [4.69, 9.17) is 25.8 Å². The summed E-state index contributed by atoms with van der Waals surface area (Å²) >= 11 is 6.13. The first-order valence-electron chi connectivity index (χ1n) is 7.21. The lowest BCUT2D eigenvalue weighted by molar-refractivity contribution is 0.112. The van der Waals surface area contributed by atoms with Gasteiger partial charge in [0, 0.05) is 5.56 Å². The van der Waals surface area contributed by atoms with Crippen LogP contribution in [0, 0.1) is 13.8 Å². The molecule has 0 fully saturated rings. The number of ether oxygens (including phenoxy) is 3. The van der Waals surface area contributed by atoms with Gasteiger partial charge in [0.15, 0.2) is 11.5 Å². The predicted octanol–water partition coefficient (Wildman–Crippen LogP) is 4.24. The first kappa shape index (κ1) is 17.2. The number of hydrogen-bond acceptors (Lipinski definition) is 4. The fourth-order valence-corrected chi connectivity index (χ4v) is 2.54. The summed E-state index contributed by atoms with van der Waals surface area (Å²) in [4.78, 5) is 10.8. The predicted molar refractivity (Wildman–Crippen MR) is 90.3 cm³/mol. The van der Waals surface area contributed by atoms with Crippen LogP contribution in [-0.4, -0.2) is 26.6 Å². The molecular weight excluding hydrogens is 316 g/mol. The standard InChI is InChI=1S/C18H19ClO4/c1-12-5-4-6-13(2)17(12)22-7-8-23-18-15(19)9-14(11-20)10-16(18)21-3/h4-6,9-11H,7-8H2,1-3H3. The van der Waals surface area contributed by atoms with Crippen molar-refractivity contribution in [1.82, 2.24) is 0 Å². The smallest absolute Gasteiger partial charge is 0.179 e. The van der Waals surface area contributed by atoms with Crippen molar-refractivity contribution in [3.63, 3.8) is 0 Å². The van der Waals surface area contributed by atoms with Crippen LogP contribution in [0.4, 0.5) is 0 Å². The average molecular weight is 335 g/mol. The average Bonchev–Trinajstić information content (AvgIpc) is 2.54. The molecule has 2 aromatic rings. The molecule has 2 rings (SSSR count). The van der Waals surface area contributed by atoms with Crippen LogP contribution in [0.25, 0.3) is 0 Å². The molecule has 0 saturated heterocycles. The molecule has 0 aromatic heterocycles. The van der Waals surface area contributed by atoms with Gasteiger partial charge in [0.25, 0.3) is 0 Å². The maximum Gasteiger partial charge on any atom is 0.179 e. The van der Waals surface area contributed by atoms with Gasteiger partial charge in [-0.1, -0.05) is 29.8 Å². The van der Waals surface area contributed by atoms with Crippen molar-refractivity contribution in [2.75, 3.05) is 20.3 Å². The van der Waals surface area contributed by atoms with Crippen LogP contribution in [0.3, 0.4) is 0 Å². The highest BCUT2D eigenvalue weighted by molar-refractivity contribution is 6.32. The summed E-state index contributed by atoms with van der Waals surface area (Å²) in [6.07, 6.45) is 0.711. The van der Waals surface area contributed by atoms with Crippen LogP contribution < -0.4 is 14.2 Å². The van der Waals surface area contributed by atoms with Gasteiger partial charge in [-0.15, -0.1) is 0 Å². The lowest BCUT2D eigenvalue weighted by Gasteiger charge is -2.15. The van der Waals surface area contributed by atoms with Gasteiger partial charge < -0.3 is 14.2 Å². The number of halogens is 1. The molecule has 0 aliphatic heterocycles. The summed E-state index contributed by atoms with van der Waals surface area (Å²) in [5.74, 6) is 1.70. The number of hydrogen-bond donors (Lipinski definition) is 0. The lowest BCUT2D eigenvalue weighted by Crippen LogP contribution is -2.11. The summed E-state index contributed by atoms with van der Waals surface area (Å²) in [6, 6.07) is 9.12. The van der Waals surface area contributed by atoms with Crippen molar-refractivity contribution < 1.29 is 19.0 Å². The van der Waals surface area contributed by atoms with E-state index in [1.807, 2.05) is 32.0 Å². The monoisotopic (exact) mass is 334 g/mol. The molecular formula is C18H19ClO4. The van der Waals surface area contributed by atoms with Gasteiger partial charge >= 0.3 is 0 Å². The zero-order chi connectivity index (χ0) is 16.8. The molecule has 5 heteroatoms. The molecule has 2 aromatic carbocycles. The number of rotatable bonds is 7.